The van der Waals surface area contributed by atoms with Gasteiger partial charge < -0.3 is 15.4 Å². The van der Waals surface area contributed by atoms with Gasteiger partial charge in [0, 0.05) is 22.8 Å². The fraction of sp³-hybridized carbons (Fsp3) is 0.320. The summed E-state index contributed by atoms with van der Waals surface area (Å²) < 4.78 is 44.6. The number of halogens is 4. The Morgan fingerprint density at radius 2 is 1.75 bits per heavy atom. The molecule has 1 aromatic heterocycles. The van der Waals surface area contributed by atoms with Crippen molar-refractivity contribution < 1.29 is 27.5 Å². The number of nitrogens with zero attached hydrogens (tertiary/aromatic N) is 1. The molecule has 2 aromatic carbocycles. The summed E-state index contributed by atoms with van der Waals surface area (Å²) in [5.74, 6) is 0.121. The summed E-state index contributed by atoms with van der Waals surface area (Å²) >= 11 is 7.26. The lowest BCUT2D eigenvalue weighted by Crippen LogP contribution is -2.22. The Balaban J connectivity index is 1.37. The maximum Gasteiger partial charge on any atom is 0.418 e. The Bertz CT molecular complexity index is 1240. The lowest BCUT2D eigenvalue weighted by Gasteiger charge is -2.25. The number of benzene rings is 2. The highest BCUT2D eigenvalue weighted by Crippen LogP contribution is 2.40. The van der Waals surface area contributed by atoms with Crippen molar-refractivity contribution in [2.75, 3.05) is 17.7 Å². The quantitative estimate of drug-likeness (QED) is 0.329. The van der Waals surface area contributed by atoms with E-state index in [1.165, 1.54) is 13.2 Å². The molecule has 1 fully saturated rings. The van der Waals surface area contributed by atoms with Crippen LogP contribution in [0.2, 0.25) is 5.02 Å². The number of nitrogens with one attached hydrogen (secondary N) is 2. The van der Waals surface area contributed by atoms with E-state index in [0.29, 0.717) is 11.6 Å². The van der Waals surface area contributed by atoms with Crippen LogP contribution in [0, 0.1) is 5.92 Å². The number of hydrogen-bond acceptors (Lipinski definition) is 5. The molecule has 0 aliphatic heterocycles. The second-order valence-corrected chi connectivity index (χ2v) is 9.98. The number of ether oxygens (including phenoxy) is 1. The van der Waals surface area contributed by atoms with E-state index < -0.39 is 17.8 Å². The van der Waals surface area contributed by atoms with E-state index in [9.17, 15) is 22.8 Å². The van der Waals surface area contributed by atoms with Crippen LogP contribution in [0.4, 0.5) is 29.3 Å². The zero-order chi connectivity index (χ0) is 25.9. The van der Waals surface area contributed by atoms with Gasteiger partial charge in [-0.05, 0) is 61.6 Å². The molecule has 3 aromatic rings. The highest BCUT2D eigenvalue weighted by atomic mass is 35.5. The Hall–Kier alpha value is -3.11. The van der Waals surface area contributed by atoms with Crippen molar-refractivity contribution in [3.8, 4) is 10.4 Å². The van der Waals surface area contributed by atoms with Crippen LogP contribution in [0.15, 0.2) is 48.7 Å². The van der Waals surface area contributed by atoms with Crippen LogP contribution < -0.4 is 10.6 Å². The molecule has 0 spiro atoms. The molecular weight excluding hydrogens is 515 g/mol. The summed E-state index contributed by atoms with van der Waals surface area (Å²) in [5.41, 5.74) is -0.0891. The largest absolute Gasteiger partial charge is 0.469 e. The predicted molar refractivity (Wildman–Crippen MR) is 133 cm³/mol. The molecule has 0 atom stereocenters. The van der Waals surface area contributed by atoms with Crippen molar-refractivity contribution in [1.82, 2.24) is 4.98 Å². The maximum absolute atomic E-state index is 13.2. The minimum Gasteiger partial charge on any atom is -0.469 e. The first-order chi connectivity index (χ1) is 17.1. The number of urea groups is 1. The van der Waals surface area contributed by atoms with Crippen LogP contribution in [0.25, 0.3) is 10.4 Å². The van der Waals surface area contributed by atoms with Crippen molar-refractivity contribution >= 4 is 46.3 Å². The summed E-state index contributed by atoms with van der Waals surface area (Å²) in [7, 11) is 1.41. The van der Waals surface area contributed by atoms with E-state index in [1.807, 2.05) is 12.1 Å². The molecule has 1 heterocycles. The zero-order valence-corrected chi connectivity index (χ0v) is 20.8. The van der Waals surface area contributed by atoms with E-state index in [-0.39, 0.29) is 22.6 Å². The van der Waals surface area contributed by atoms with Crippen LogP contribution in [-0.2, 0) is 15.7 Å². The number of methoxy groups -OCH3 is 1. The number of hydrogen-bond donors (Lipinski definition) is 2. The lowest BCUT2D eigenvalue weighted by atomic mass is 9.82. The molecule has 36 heavy (non-hydrogen) atoms. The second kappa shape index (κ2) is 10.9. The van der Waals surface area contributed by atoms with Gasteiger partial charge in [-0.25, -0.2) is 9.78 Å². The second-order valence-electron chi connectivity index (χ2n) is 8.48. The van der Waals surface area contributed by atoms with Crippen LogP contribution >= 0.6 is 22.9 Å². The summed E-state index contributed by atoms with van der Waals surface area (Å²) in [5, 5.41) is 5.71. The van der Waals surface area contributed by atoms with Crippen molar-refractivity contribution in [3.63, 3.8) is 0 Å². The normalized spacial score (nSPS) is 17.9. The molecule has 4 rings (SSSR count). The Labute approximate surface area is 214 Å². The van der Waals surface area contributed by atoms with E-state index in [0.717, 1.165) is 53.3 Å². The summed E-state index contributed by atoms with van der Waals surface area (Å²) in [6, 6.07) is 9.30. The molecule has 2 amide bonds. The van der Waals surface area contributed by atoms with Gasteiger partial charge in [0.15, 0.2) is 0 Å². The van der Waals surface area contributed by atoms with Crippen LogP contribution in [0.3, 0.4) is 0 Å². The molecule has 6 nitrogen and oxygen atoms in total. The van der Waals surface area contributed by atoms with Gasteiger partial charge in [-0.2, -0.15) is 13.2 Å². The molecule has 0 radical (unpaired) electrons. The maximum atomic E-state index is 13.2. The summed E-state index contributed by atoms with van der Waals surface area (Å²) in [6.45, 7) is 0. The number of carbonyl (C=O) groups excluding carboxylic acids is 2. The molecule has 0 unspecified atom stereocenters. The number of thiazole rings is 1. The summed E-state index contributed by atoms with van der Waals surface area (Å²) in [4.78, 5) is 29.6. The predicted octanol–water partition coefficient (Wildman–Crippen LogP) is 7.57. The number of aromatic nitrogens is 1. The van der Waals surface area contributed by atoms with Gasteiger partial charge >= 0.3 is 18.2 Å². The Morgan fingerprint density at radius 3 is 2.39 bits per heavy atom. The van der Waals surface area contributed by atoms with Gasteiger partial charge in [0.25, 0.3) is 0 Å². The zero-order valence-electron chi connectivity index (χ0n) is 19.2. The monoisotopic (exact) mass is 537 g/mol. The highest BCUT2D eigenvalue weighted by molar-refractivity contribution is 7.15. The number of anilines is 2. The van der Waals surface area contributed by atoms with Crippen molar-refractivity contribution in [2.45, 2.75) is 37.8 Å². The Morgan fingerprint density at radius 1 is 1.06 bits per heavy atom. The first kappa shape index (κ1) is 26.0. The third-order valence-electron chi connectivity index (χ3n) is 6.10. The van der Waals surface area contributed by atoms with Gasteiger partial charge in [0.1, 0.15) is 0 Å². The van der Waals surface area contributed by atoms with Crippen molar-refractivity contribution in [1.29, 1.82) is 0 Å². The fourth-order valence-electron chi connectivity index (χ4n) is 4.22. The number of alkyl halides is 3. The molecular formula is C25H23ClF3N3O3S. The van der Waals surface area contributed by atoms with Crippen molar-refractivity contribution in [3.05, 3.63) is 64.3 Å². The molecule has 0 saturated heterocycles. The van der Waals surface area contributed by atoms with E-state index in [1.54, 1.807) is 29.7 Å². The van der Waals surface area contributed by atoms with Crippen LogP contribution in [0.5, 0.6) is 0 Å². The first-order valence-electron chi connectivity index (χ1n) is 11.2. The first-order valence-corrected chi connectivity index (χ1v) is 12.4. The lowest BCUT2D eigenvalue weighted by molar-refractivity contribution is -0.146. The number of esters is 1. The van der Waals surface area contributed by atoms with Gasteiger partial charge in [0.05, 0.1) is 34.2 Å². The average Bonchev–Trinajstić information content (AvgIpc) is 3.35. The standard InChI is InChI=1S/C25H23ClF3N3O3S/c1-35-23(33)16-4-2-15(3-5-16)22-30-13-21(36-22)14-6-9-18(10-7-14)31-24(34)32-20-11-8-17(26)12-19(20)25(27,28)29/h6-13,15-16H,2-5H2,1H3,(H2,31,32,34). The van der Waals surface area contributed by atoms with Gasteiger partial charge in [-0.15, -0.1) is 11.3 Å². The van der Waals surface area contributed by atoms with Gasteiger partial charge in [-0.3, -0.25) is 4.79 Å². The van der Waals surface area contributed by atoms with Gasteiger partial charge in [0.2, 0.25) is 0 Å². The molecule has 1 saturated carbocycles. The highest BCUT2D eigenvalue weighted by Gasteiger charge is 2.34. The third-order valence-corrected chi connectivity index (χ3v) is 7.54. The molecule has 1 aliphatic carbocycles. The van der Waals surface area contributed by atoms with Crippen molar-refractivity contribution in [2.24, 2.45) is 5.92 Å². The van der Waals surface area contributed by atoms with Crippen LogP contribution in [-0.4, -0.2) is 24.1 Å². The minimum absolute atomic E-state index is 0.0392. The topological polar surface area (TPSA) is 80.3 Å². The van der Waals surface area contributed by atoms with Gasteiger partial charge in [-0.1, -0.05) is 23.7 Å². The van der Waals surface area contributed by atoms with E-state index in [4.69, 9.17) is 16.3 Å². The molecule has 11 heteroatoms. The molecule has 2 N–H and O–H groups in total. The smallest absolute Gasteiger partial charge is 0.418 e. The number of carbonyl (C=O) groups is 2. The fourth-order valence-corrected chi connectivity index (χ4v) is 5.48. The number of rotatable bonds is 5. The van der Waals surface area contributed by atoms with E-state index >= 15 is 0 Å². The molecule has 190 valence electrons. The minimum atomic E-state index is -4.66. The van der Waals surface area contributed by atoms with Crippen LogP contribution in [0.1, 0.15) is 42.2 Å². The summed E-state index contributed by atoms with van der Waals surface area (Å²) in [6.07, 6.45) is 0.483. The number of amides is 2. The van der Waals surface area contributed by atoms with E-state index in [2.05, 4.69) is 15.6 Å². The molecule has 0 bridgehead atoms. The third kappa shape index (κ3) is 6.17. The SMILES string of the molecule is COC(=O)C1CCC(c2ncc(-c3ccc(NC(=O)Nc4ccc(Cl)cc4C(F)(F)F)cc3)s2)CC1. The Kier molecular flexibility index (Phi) is 7.85. The molecule has 1 aliphatic rings. The average molecular weight is 538 g/mol.